The van der Waals surface area contributed by atoms with E-state index in [9.17, 15) is 0 Å². The molecular formula is C17H24N2S. The first-order valence-electron chi connectivity index (χ1n) is 7.15. The summed E-state index contributed by atoms with van der Waals surface area (Å²) >= 11 is 1.72. The Balaban J connectivity index is 2.36. The Morgan fingerprint density at radius 3 is 2.30 bits per heavy atom. The van der Waals surface area contributed by atoms with E-state index in [0.29, 0.717) is 0 Å². The van der Waals surface area contributed by atoms with Gasteiger partial charge >= 0.3 is 0 Å². The summed E-state index contributed by atoms with van der Waals surface area (Å²) in [5, 5.41) is 1.03. The molecule has 0 radical (unpaired) electrons. The molecule has 0 amide bonds. The molecular weight excluding hydrogens is 264 g/mol. The van der Waals surface area contributed by atoms with Crippen LogP contribution in [0.5, 0.6) is 0 Å². The molecule has 2 N–H and O–H groups in total. The van der Waals surface area contributed by atoms with E-state index in [-0.39, 0.29) is 11.5 Å². The highest BCUT2D eigenvalue weighted by molar-refractivity contribution is 7.12. The minimum absolute atomic E-state index is 0.0186. The quantitative estimate of drug-likeness (QED) is 0.887. The normalized spacial score (nSPS) is 13.5. The van der Waals surface area contributed by atoms with Gasteiger partial charge in [0.25, 0.3) is 0 Å². The SMILES string of the molecule is CCc1ccc(-c2nc(C(N)C(C)(C)C)sc2C)cc1. The van der Waals surface area contributed by atoms with Crippen molar-refractivity contribution in [1.29, 1.82) is 0 Å². The third-order valence-electron chi connectivity index (χ3n) is 3.65. The standard InChI is InChI=1S/C17H24N2S/c1-6-12-7-9-13(10-8-12)14-11(2)20-16(19-14)15(18)17(3,4)5/h7-10,15H,6,18H2,1-5H3. The zero-order valence-corrected chi connectivity index (χ0v) is 13.8. The lowest BCUT2D eigenvalue weighted by Crippen LogP contribution is -2.26. The predicted octanol–water partition coefficient (Wildman–Crippen LogP) is 4.73. The van der Waals surface area contributed by atoms with Gasteiger partial charge in [-0.1, -0.05) is 52.0 Å². The fourth-order valence-electron chi connectivity index (χ4n) is 2.09. The molecule has 108 valence electrons. The van der Waals surface area contributed by atoms with E-state index in [2.05, 4.69) is 58.9 Å². The molecule has 0 bridgehead atoms. The number of aromatic nitrogens is 1. The van der Waals surface area contributed by atoms with Crippen LogP contribution in [0.1, 0.15) is 49.2 Å². The van der Waals surface area contributed by atoms with Crippen molar-refractivity contribution in [1.82, 2.24) is 4.98 Å². The van der Waals surface area contributed by atoms with Gasteiger partial charge in [-0.3, -0.25) is 0 Å². The van der Waals surface area contributed by atoms with Crippen molar-refractivity contribution in [2.75, 3.05) is 0 Å². The Morgan fingerprint density at radius 1 is 1.20 bits per heavy atom. The fraction of sp³-hybridized carbons (Fsp3) is 0.471. The van der Waals surface area contributed by atoms with Crippen LogP contribution in [0.2, 0.25) is 0 Å². The number of nitrogens with zero attached hydrogens (tertiary/aromatic N) is 1. The number of hydrogen-bond acceptors (Lipinski definition) is 3. The highest BCUT2D eigenvalue weighted by atomic mass is 32.1. The molecule has 0 aliphatic rings. The van der Waals surface area contributed by atoms with E-state index in [4.69, 9.17) is 10.7 Å². The molecule has 20 heavy (non-hydrogen) atoms. The van der Waals surface area contributed by atoms with Crippen LogP contribution in [0.4, 0.5) is 0 Å². The second-order valence-corrected chi connectivity index (χ2v) is 7.59. The Bertz CT molecular complexity index is 576. The lowest BCUT2D eigenvalue weighted by atomic mass is 9.88. The molecule has 0 aliphatic heterocycles. The Morgan fingerprint density at radius 2 is 1.80 bits per heavy atom. The molecule has 2 nitrogen and oxygen atoms in total. The number of benzene rings is 1. The summed E-state index contributed by atoms with van der Waals surface area (Å²) in [6.07, 6.45) is 1.07. The third kappa shape index (κ3) is 3.10. The average molecular weight is 288 g/mol. The largest absolute Gasteiger partial charge is 0.322 e. The van der Waals surface area contributed by atoms with Crippen molar-refractivity contribution in [2.45, 2.75) is 47.1 Å². The zero-order chi connectivity index (χ0) is 14.9. The highest BCUT2D eigenvalue weighted by Gasteiger charge is 2.26. The highest BCUT2D eigenvalue weighted by Crippen LogP contribution is 2.36. The van der Waals surface area contributed by atoms with Crippen molar-refractivity contribution >= 4 is 11.3 Å². The summed E-state index contributed by atoms with van der Waals surface area (Å²) < 4.78 is 0. The van der Waals surface area contributed by atoms with E-state index < -0.39 is 0 Å². The van der Waals surface area contributed by atoms with Gasteiger partial charge in [-0.2, -0.15) is 0 Å². The maximum atomic E-state index is 6.33. The lowest BCUT2D eigenvalue weighted by Gasteiger charge is -2.24. The van der Waals surface area contributed by atoms with Gasteiger partial charge in [-0.15, -0.1) is 11.3 Å². The third-order valence-corrected chi connectivity index (χ3v) is 4.70. The monoisotopic (exact) mass is 288 g/mol. The predicted molar refractivity (Wildman–Crippen MR) is 88.0 cm³/mol. The molecule has 2 aromatic rings. The van der Waals surface area contributed by atoms with Gasteiger partial charge in [0.2, 0.25) is 0 Å². The maximum Gasteiger partial charge on any atom is 0.111 e. The Hall–Kier alpha value is -1.19. The van der Waals surface area contributed by atoms with Gasteiger partial charge < -0.3 is 5.73 Å². The smallest absolute Gasteiger partial charge is 0.111 e. The van der Waals surface area contributed by atoms with Crippen molar-refractivity contribution < 1.29 is 0 Å². The van der Waals surface area contributed by atoms with Crippen molar-refractivity contribution in [3.63, 3.8) is 0 Å². The lowest BCUT2D eigenvalue weighted by molar-refractivity contribution is 0.326. The zero-order valence-electron chi connectivity index (χ0n) is 13.0. The van der Waals surface area contributed by atoms with E-state index in [1.54, 1.807) is 11.3 Å². The van der Waals surface area contributed by atoms with Crippen LogP contribution in [0.3, 0.4) is 0 Å². The fourth-order valence-corrected chi connectivity index (χ4v) is 3.28. The molecule has 0 fully saturated rings. The molecule has 0 aliphatic carbocycles. The van der Waals surface area contributed by atoms with Crippen LogP contribution in [0.15, 0.2) is 24.3 Å². The maximum absolute atomic E-state index is 6.33. The molecule has 0 saturated heterocycles. The van der Waals surface area contributed by atoms with Crippen LogP contribution in [0.25, 0.3) is 11.3 Å². The van der Waals surface area contributed by atoms with Crippen LogP contribution >= 0.6 is 11.3 Å². The molecule has 1 aromatic carbocycles. The number of rotatable bonds is 3. The summed E-state index contributed by atoms with van der Waals surface area (Å²) in [4.78, 5) is 6.04. The van der Waals surface area contributed by atoms with Gasteiger partial charge in [-0.25, -0.2) is 4.98 Å². The topological polar surface area (TPSA) is 38.9 Å². The molecule has 1 atom stereocenters. The minimum atomic E-state index is -0.0186. The summed E-state index contributed by atoms with van der Waals surface area (Å²) in [7, 11) is 0. The van der Waals surface area contributed by atoms with Gasteiger partial charge in [-0.05, 0) is 24.3 Å². The first kappa shape index (κ1) is 15.2. The van der Waals surface area contributed by atoms with E-state index in [1.807, 2.05) is 0 Å². The van der Waals surface area contributed by atoms with Crippen LogP contribution in [-0.4, -0.2) is 4.98 Å². The second-order valence-electron chi connectivity index (χ2n) is 6.35. The van der Waals surface area contributed by atoms with E-state index in [0.717, 1.165) is 17.1 Å². The second kappa shape index (κ2) is 5.66. The molecule has 0 spiro atoms. The van der Waals surface area contributed by atoms with Crippen molar-refractivity contribution in [2.24, 2.45) is 11.1 Å². The first-order chi connectivity index (χ1) is 9.32. The number of nitrogens with two attached hydrogens (primary N) is 1. The summed E-state index contributed by atoms with van der Waals surface area (Å²) in [5.74, 6) is 0. The molecule has 3 heteroatoms. The molecule has 0 saturated carbocycles. The van der Waals surface area contributed by atoms with Gasteiger partial charge in [0.05, 0.1) is 11.7 Å². The average Bonchev–Trinajstić information content (AvgIpc) is 2.79. The first-order valence-corrected chi connectivity index (χ1v) is 7.96. The van der Waals surface area contributed by atoms with Crippen LogP contribution in [0, 0.1) is 12.3 Å². The summed E-state index contributed by atoms with van der Waals surface area (Å²) in [6.45, 7) is 10.8. The van der Waals surface area contributed by atoms with Crippen LogP contribution in [-0.2, 0) is 6.42 Å². The minimum Gasteiger partial charge on any atom is -0.322 e. The summed E-state index contributed by atoms with van der Waals surface area (Å²) in [5.41, 5.74) is 9.98. The molecule has 1 aromatic heterocycles. The van der Waals surface area contributed by atoms with Gasteiger partial charge in [0.1, 0.15) is 5.01 Å². The molecule has 1 heterocycles. The molecule has 1 unspecified atom stereocenters. The summed E-state index contributed by atoms with van der Waals surface area (Å²) in [6, 6.07) is 8.66. The van der Waals surface area contributed by atoms with Crippen molar-refractivity contribution in [3.8, 4) is 11.3 Å². The van der Waals surface area contributed by atoms with Gasteiger partial charge in [0, 0.05) is 10.4 Å². The van der Waals surface area contributed by atoms with E-state index >= 15 is 0 Å². The number of aryl methyl sites for hydroxylation is 2. The Kier molecular flexibility index (Phi) is 4.31. The van der Waals surface area contributed by atoms with Gasteiger partial charge in [0.15, 0.2) is 0 Å². The van der Waals surface area contributed by atoms with Crippen molar-refractivity contribution in [3.05, 3.63) is 39.7 Å². The molecule has 2 rings (SSSR count). The number of thiazole rings is 1. The van der Waals surface area contributed by atoms with Crippen LogP contribution < -0.4 is 5.73 Å². The Labute approximate surface area is 126 Å². The van der Waals surface area contributed by atoms with E-state index in [1.165, 1.54) is 16.0 Å². The number of hydrogen-bond donors (Lipinski definition) is 1.